The first-order valence-electron chi connectivity index (χ1n) is 26.9. The minimum absolute atomic E-state index is 0.170. The van der Waals surface area contributed by atoms with Crippen LogP contribution >= 0.6 is 0 Å². The Morgan fingerprint density at radius 3 is 2.28 bits per heavy atom. The second-order valence-corrected chi connectivity index (χ2v) is 20.8. The van der Waals surface area contributed by atoms with Crippen LogP contribution in [0.3, 0.4) is 0 Å². The standard InChI is InChI=1S/C57H73N13O8/c1-34(2)50(59)53(71)66-44(10-9-19-61-57(60)74)55(73)69-24-27-78-56(69)47-28-35(3)33-70(47)54(72)40-31-48(75-5)49(32-41(40)58)77-26-8-6-7-25-76-39-15-11-36(12-16-39)51-62-42-17-13-37(29-45(42)64-51)52-63-43-18-14-38(30-46(43)65-52)68-22-20-67(4)21-23-68/h11-18,29-32,34,44,47,50,56H,3,6-10,19-28,33,58-59H2,1-2,4-5H3,(H,62,64)(H,63,65)(H,66,71)(H3,60,61,74)/t44-,47-,50-,56?/m0/s1. The van der Waals surface area contributed by atoms with Crippen molar-refractivity contribution in [3.8, 4) is 40.0 Å². The number of piperazine rings is 1. The number of nitrogens with one attached hydrogen (secondary N) is 4. The van der Waals surface area contributed by atoms with E-state index in [0.717, 1.165) is 102 Å². The Hall–Kier alpha value is -7.88. The van der Waals surface area contributed by atoms with Crippen molar-refractivity contribution >= 4 is 57.2 Å². The Bertz CT molecular complexity index is 3110. The first kappa shape index (κ1) is 54.9. The van der Waals surface area contributed by atoms with Crippen LogP contribution in [-0.4, -0.2) is 163 Å². The molecule has 4 aromatic carbocycles. The quantitative estimate of drug-likeness (QED) is 0.0247. The van der Waals surface area contributed by atoms with Crippen LogP contribution in [0.4, 0.5) is 16.2 Å². The van der Waals surface area contributed by atoms with E-state index in [9.17, 15) is 19.2 Å². The number of ether oxygens (including phenoxy) is 4. The number of aromatic amines is 2. The van der Waals surface area contributed by atoms with Gasteiger partial charge in [0.25, 0.3) is 5.91 Å². The van der Waals surface area contributed by atoms with Crippen LogP contribution in [0.5, 0.6) is 17.2 Å². The third kappa shape index (κ3) is 12.8. The van der Waals surface area contributed by atoms with E-state index in [1.54, 1.807) is 21.9 Å². The molecule has 3 aliphatic rings. The lowest BCUT2D eigenvalue weighted by Crippen LogP contribution is -2.57. The highest BCUT2D eigenvalue weighted by Crippen LogP contribution is 2.37. The number of anilines is 2. The summed E-state index contributed by atoms with van der Waals surface area (Å²) >= 11 is 0. The van der Waals surface area contributed by atoms with Crippen molar-refractivity contribution in [2.24, 2.45) is 17.4 Å². The zero-order chi connectivity index (χ0) is 55.0. The highest BCUT2D eigenvalue weighted by molar-refractivity contribution is 6.01. The van der Waals surface area contributed by atoms with Gasteiger partial charge in [0.05, 0.1) is 66.6 Å². The first-order chi connectivity index (χ1) is 37.6. The number of amides is 5. The molecule has 1 unspecified atom stereocenters. The number of nitrogens with zero attached hydrogens (tertiary/aromatic N) is 6. The van der Waals surface area contributed by atoms with E-state index in [-0.39, 0.29) is 55.7 Å². The van der Waals surface area contributed by atoms with Gasteiger partial charge in [0.2, 0.25) is 11.8 Å². The highest BCUT2D eigenvalue weighted by atomic mass is 16.5. The molecule has 5 heterocycles. The number of unbranched alkanes of at least 4 members (excludes halogenated alkanes) is 2. The van der Waals surface area contributed by atoms with Gasteiger partial charge in [0.15, 0.2) is 17.7 Å². The molecule has 10 N–H and O–H groups in total. The summed E-state index contributed by atoms with van der Waals surface area (Å²) in [7, 11) is 3.66. The molecule has 4 atom stereocenters. The second-order valence-electron chi connectivity index (χ2n) is 20.8. The Morgan fingerprint density at radius 1 is 0.821 bits per heavy atom. The van der Waals surface area contributed by atoms with Crippen molar-refractivity contribution in [1.82, 2.24) is 45.3 Å². The summed E-state index contributed by atoms with van der Waals surface area (Å²) in [6.07, 6.45) is 2.49. The summed E-state index contributed by atoms with van der Waals surface area (Å²) in [6, 6.07) is 20.6. The fraction of sp³-hybridized carbons (Fsp3) is 0.439. The molecule has 414 valence electrons. The maximum Gasteiger partial charge on any atom is 0.312 e. The van der Waals surface area contributed by atoms with Crippen molar-refractivity contribution in [3.05, 3.63) is 90.5 Å². The lowest BCUT2D eigenvalue weighted by atomic mass is 10.0. The summed E-state index contributed by atoms with van der Waals surface area (Å²) in [5, 5.41) is 5.33. The van der Waals surface area contributed by atoms with Crippen molar-refractivity contribution in [3.63, 3.8) is 0 Å². The highest BCUT2D eigenvalue weighted by Gasteiger charge is 2.46. The molecule has 3 aliphatic heterocycles. The van der Waals surface area contributed by atoms with E-state index in [0.29, 0.717) is 37.6 Å². The summed E-state index contributed by atoms with van der Waals surface area (Å²) < 4.78 is 24.1. The number of likely N-dealkylation sites (tertiary alicyclic amines) is 1. The molecule has 2 aromatic heterocycles. The molecule has 0 aliphatic carbocycles. The van der Waals surface area contributed by atoms with Gasteiger partial charge in [0.1, 0.15) is 23.4 Å². The summed E-state index contributed by atoms with van der Waals surface area (Å²) in [4.78, 5) is 77.8. The summed E-state index contributed by atoms with van der Waals surface area (Å²) in [5.41, 5.74) is 26.0. The van der Waals surface area contributed by atoms with Crippen LogP contribution in [0.2, 0.25) is 0 Å². The number of nitrogens with two attached hydrogens (primary N) is 3. The molecule has 0 spiro atoms. The zero-order valence-corrected chi connectivity index (χ0v) is 45.0. The van der Waals surface area contributed by atoms with Crippen molar-refractivity contribution in [2.45, 2.75) is 76.7 Å². The van der Waals surface area contributed by atoms with Crippen LogP contribution in [0.15, 0.2) is 84.9 Å². The topological polar surface area (TPSA) is 278 Å². The fourth-order valence-corrected chi connectivity index (χ4v) is 10.2. The van der Waals surface area contributed by atoms with Gasteiger partial charge in [-0.05, 0) is 118 Å². The molecule has 0 saturated carbocycles. The molecule has 0 bridgehead atoms. The molecular weight excluding hydrogens is 995 g/mol. The van der Waals surface area contributed by atoms with E-state index in [2.05, 4.69) is 68.3 Å². The van der Waals surface area contributed by atoms with Crippen molar-refractivity contribution < 1.29 is 38.1 Å². The third-order valence-electron chi connectivity index (χ3n) is 14.8. The van der Waals surface area contributed by atoms with Gasteiger partial charge in [-0.1, -0.05) is 26.0 Å². The number of carbonyl (C=O) groups is 4. The smallest absolute Gasteiger partial charge is 0.312 e. The van der Waals surface area contributed by atoms with E-state index in [1.807, 2.05) is 50.2 Å². The van der Waals surface area contributed by atoms with E-state index in [4.69, 9.17) is 46.1 Å². The van der Waals surface area contributed by atoms with Gasteiger partial charge in [-0.25, -0.2) is 14.8 Å². The van der Waals surface area contributed by atoms with E-state index < -0.39 is 42.2 Å². The first-order valence-corrected chi connectivity index (χ1v) is 26.9. The molecule has 3 saturated heterocycles. The Kier molecular flexibility index (Phi) is 17.3. The minimum atomic E-state index is -0.967. The summed E-state index contributed by atoms with van der Waals surface area (Å²) in [5.74, 6) is 1.68. The Morgan fingerprint density at radius 2 is 1.54 bits per heavy atom. The molecule has 78 heavy (non-hydrogen) atoms. The zero-order valence-electron chi connectivity index (χ0n) is 45.0. The molecule has 0 radical (unpaired) electrons. The van der Waals surface area contributed by atoms with Gasteiger partial charge in [-0.3, -0.25) is 14.4 Å². The van der Waals surface area contributed by atoms with E-state index in [1.165, 1.54) is 12.8 Å². The van der Waals surface area contributed by atoms with Crippen LogP contribution < -0.4 is 46.9 Å². The van der Waals surface area contributed by atoms with Crippen molar-refractivity contribution in [1.29, 1.82) is 0 Å². The average molecular weight is 1070 g/mol. The molecular formula is C57H73N13O8. The summed E-state index contributed by atoms with van der Waals surface area (Å²) in [6.45, 7) is 13.7. The number of methoxy groups -OCH3 is 1. The lowest BCUT2D eigenvalue weighted by Gasteiger charge is -2.35. The number of fused-ring (bicyclic) bond motifs is 2. The maximum absolute atomic E-state index is 14.4. The minimum Gasteiger partial charge on any atom is -0.494 e. The number of carbonyl (C=O) groups excluding carboxylic acids is 4. The Balaban J connectivity index is 0.746. The number of rotatable bonds is 22. The normalized spacial score (nSPS) is 17.7. The molecule has 21 heteroatoms. The van der Waals surface area contributed by atoms with Gasteiger partial charge in [-0.2, -0.15) is 0 Å². The van der Waals surface area contributed by atoms with Gasteiger partial charge in [-0.15, -0.1) is 0 Å². The van der Waals surface area contributed by atoms with Crippen LogP contribution in [-0.2, 0) is 14.3 Å². The number of hydrogen-bond donors (Lipinski definition) is 7. The number of hydrogen-bond acceptors (Lipinski definition) is 14. The van der Waals surface area contributed by atoms with Gasteiger partial charge >= 0.3 is 6.03 Å². The Labute approximate surface area is 454 Å². The number of primary amides is 1. The molecule has 5 amide bonds. The fourth-order valence-electron chi connectivity index (χ4n) is 10.2. The number of nitrogen functional groups attached to an aromatic ring is 1. The van der Waals surface area contributed by atoms with E-state index >= 15 is 0 Å². The second kappa shape index (κ2) is 24.6. The number of H-pyrrole nitrogens is 2. The van der Waals surface area contributed by atoms with Gasteiger partial charge < -0.3 is 76.3 Å². The SMILES string of the molecule is C=C1C[C@@H](C2OCCN2C(=O)[C@H](CCCNC(N)=O)NC(=O)[C@@H](N)C(C)C)N(C(=O)c2cc(OC)c(OCCCCCOc3ccc(-c4nc5ccc(-c6nc7cc(N8CCN(C)CC8)ccc7[nH]6)cc5[nH]4)cc3)cc2N)C1. The molecule has 3 fully saturated rings. The number of likely N-dealkylation sites (N-methyl/N-ethyl adjacent to an activating group) is 1. The third-order valence-corrected chi connectivity index (χ3v) is 14.8. The predicted octanol–water partition coefficient (Wildman–Crippen LogP) is 5.62. The number of aromatic nitrogens is 4. The monoisotopic (exact) mass is 1070 g/mol. The molecule has 9 rings (SSSR count). The predicted molar refractivity (Wildman–Crippen MR) is 300 cm³/mol. The molecule has 21 nitrogen and oxygen atoms in total. The number of imidazole rings is 2. The van der Waals surface area contributed by atoms with Gasteiger partial charge in [0, 0.05) is 74.4 Å². The lowest BCUT2D eigenvalue weighted by molar-refractivity contribution is -0.143. The maximum atomic E-state index is 14.4. The molecule has 6 aromatic rings. The van der Waals surface area contributed by atoms with Crippen LogP contribution in [0.1, 0.15) is 62.7 Å². The van der Waals surface area contributed by atoms with Crippen LogP contribution in [0.25, 0.3) is 44.8 Å². The number of benzene rings is 4. The largest absolute Gasteiger partial charge is 0.494 e. The number of urea groups is 1. The van der Waals surface area contributed by atoms with Crippen LogP contribution in [0, 0.1) is 5.92 Å². The van der Waals surface area contributed by atoms with Crippen molar-refractivity contribution in [2.75, 3.05) is 90.4 Å². The average Bonchev–Trinajstić information content (AvgIpc) is 4.34.